The lowest BCUT2D eigenvalue weighted by atomic mass is 10.0. The van der Waals surface area contributed by atoms with Gasteiger partial charge in [0.05, 0.1) is 5.92 Å². The molecule has 2 rings (SSSR count). The number of nitrogens with two attached hydrogens (primary N) is 1. The molecule has 0 bridgehead atoms. The molecule has 0 aromatic carbocycles. The molecule has 1 amide bonds. The number of rotatable bonds is 1. The number of hydrogen-bond acceptors (Lipinski definition) is 3. The largest absolute Gasteiger partial charge is 0.340 e. The Morgan fingerprint density at radius 3 is 2.87 bits per heavy atom. The lowest BCUT2D eigenvalue weighted by Crippen LogP contribution is -2.54. The second-order valence-corrected chi connectivity index (χ2v) is 4.84. The topological polar surface area (TPSA) is 58.4 Å². The van der Waals surface area contributed by atoms with E-state index in [1.807, 2.05) is 4.90 Å². The van der Waals surface area contributed by atoms with E-state index in [9.17, 15) is 4.79 Å². The monoisotopic (exact) mass is 211 g/mol. The van der Waals surface area contributed by atoms with Crippen molar-refractivity contribution < 1.29 is 4.79 Å². The van der Waals surface area contributed by atoms with Gasteiger partial charge in [0.25, 0.3) is 0 Å². The van der Waals surface area contributed by atoms with Crippen LogP contribution < -0.4 is 11.1 Å². The molecule has 86 valence electrons. The minimum atomic E-state index is 0.0929. The average molecular weight is 211 g/mol. The molecule has 2 unspecified atom stereocenters. The highest BCUT2D eigenvalue weighted by Crippen LogP contribution is 2.26. The summed E-state index contributed by atoms with van der Waals surface area (Å²) in [7, 11) is 0. The molecule has 3 atom stereocenters. The molecule has 2 fully saturated rings. The number of carbonyl (C=O) groups excluding carboxylic acids is 1. The molecule has 2 aliphatic rings. The lowest BCUT2D eigenvalue weighted by Gasteiger charge is -2.34. The molecule has 1 heterocycles. The first-order valence-electron chi connectivity index (χ1n) is 5.96. The van der Waals surface area contributed by atoms with E-state index >= 15 is 0 Å². The summed E-state index contributed by atoms with van der Waals surface area (Å²) in [6.07, 6.45) is 3.11. The van der Waals surface area contributed by atoms with Crippen molar-refractivity contribution in [2.24, 2.45) is 11.7 Å². The minimum absolute atomic E-state index is 0.0929. The lowest BCUT2D eigenvalue weighted by molar-refractivity contribution is -0.136. The Hall–Kier alpha value is -0.610. The smallest absolute Gasteiger partial charge is 0.227 e. The van der Waals surface area contributed by atoms with E-state index in [0.29, 0.717) is 6.04 Å². The van der Waals surface area contributed by atoms with Crippen LogP contribution in [0.2, 0.25) is 0 Å². The highest BCUT2D eigenvalue weighted by atomic mass is 16.2. The maximum Gasteiger partial charge on any atom is 0.227 e. The van der Waals surface area contributed by atoms with Gasteiger partial charge in [0.1, 0.15) is 0 Å². The number of amides is 1. The summed E-state index contributed by atoms with van der Waals surface area (Å²) in [6.45, 7) is 4.71. The van der Waals surface area contributed by atoms with Crippen molar-refractivity contribution in [3.05, 3.63) is 0 Å². The van der Waals surface area contributed by atoms with E-state index in [0.717, 1.165) is 38.9 Å². The van der Waals surface area contributed by atoms with Gasteiger partial charge in [0.2, 0.25) is 5.91 Å². The Morgan fingerprint density at radius 2 is 2.27 bits per heavy atom. The fraction of sp³-hybridized carbons (Fsp3) is 0.909. The van der Waals surface area contributed by atoms with Crippen LogP contribution in [0.15, 0.2) is 0 Å². The SMILES string of the molecule is C[C@@H]1CN(C(=O)C2CCCC2N)CCN1. The molecule has 0 aromatic rings. The van der Waals surface area contributed by atoms with Gasteiger partial charge >= 0.3 is 0 Å². The number of nitrogens with zero attached hydrogens (tertiary/aromatic N) is 1. The maximum atomic E-state index is 12.2. The molecule has 0 aromatic heterocycles. The third kappa shape index (κ3) is 2.32. The van der Waals surface area contributed by atoms with E-state index in [1.54, 1.807) is 0 Å². The molecule has 0 spiro atoms. The van der Waals surface area contributed by atoms with Gasteiger partial charge in [-0.3, -0.25) is 4.79 Å². The first-order valence-corrected chi connectivity index (χ1v) is 5.96. The van der Waals surface area contributed by atoms with Gasteiger partial charge in [-0.1, -0.05) is 6.42 Å². The Balaban J connectivity index is 1.94. The summed E-state index contributed by atoms with van der Waals surface area (Å²) >= 11 is 0. The third-order valence-electron chi connectivity index (χ3n) is 3.57. The number of hydrogen-bond donors (Lipinski definition) is 2. The van der Waals surface area contributed by atoms with Gasteiger partial charge in [-0.05, 0) is 19.8 Å². The predicted molar refractivity (Wildman–Crippen MR) is 59.4 cm³/mol. The summed E-state index contributed by atoms with van der Waals surface area (Å²) in [6, 6.07) is 0.517. The molecule has 1 saturated heterocycles. The number of piperazine rings is 1. The molecule has 1 aliphatic heterocycles. The Bertz CT molecular complexity index is 244. The van der Waals surface area contributed by atoms with Crippen LogP contribution in [0.5, 0.6) is 0 Å². The normalized spacial score (nSPS) is 36.9. The Morgan fingerprint density at radius 1 is 1.47 bits per heavy atom. The van der Waals surface area contributed by atoms with Crippen LogP contribution in [0.4, 0.5) is 0 Å². The van der Waals surface area contributed by atoms with Crippen molar-refractivity contribution in [3.63, 3.8) is 0 Å². The fourth-order valence-electron chi connectivity index (χ4n) is 2.66. The van der Waals surface area contributed by atoms with Gasteiger partial charge in [0, 0.05) is 31.7 Å². The molecule has 0 radical (unpaired) electrons. The molecule has 1 saturated carbocycles. The van der Waals surface area contributed by atoms with Crippen LogP contribution in [0.25, 0.3) is 0 Å². The zero-order valence-electron chi connectivity index (χ0n) is 9.41. The van der Waals surface area contributed by atoms with Gasteiger partial charge < -0.3 is 16.0 Å². The second-order valence-electron chi connectivity index (χ2n) is 4.84. The van der Waals surface area contributed by atoms with Gasteiger partial charge in [0.15, 0.2) is 0 Å². The van der Waals surface area contributed by atoms with Crippen molar-refractivity contribution in [1.82, 2.24) is 10.2 Å². The summed E-state index contributed by atoms with van der Waals surface area (Å²) in [4.78, 5) is 14.2. The average Bonchev–Trinajstić information content (AvgIpc) is 2.63. The Kier molecular flexibility index (Phi) is 3.26. The van der Waals surface area contributed by atoms with E-state index < -0.39 is 0 Å². The predicted octanol–water partition coefficient (Wildman–Crippen LogP) is -0.0659. The van der Waals surface area contributed by atoms with Crippen molar-refractivity contribution in [3.8, 4) is 0 Å². The van der Waals surface area contributed by atoms with E-state index in [4.69, 9.17) is 5.73 Å². The highest BCUT2D eigenvalue weighted by molar-refractivity contribution is 5.80. The molecule has 1 aliphatic carbocycles. The quantitative estimate of drug-likeness (QED) is 0.638. The van der Waals surface area contributed by atoms with Crippen LogP contribution in [-0.4, -0.2) is 42.5 Å². The highest BCUT2D eigenvalue weighted by Gasteiger charge is 2.34. The molecule has 4 nitrogen and oxygen atoms in total. The van der Waals surface area contributed by atoms with Gasteiger partial charge in [-0.15, -0.1) is 0 Å². The van der Waals surface area contributed by atoms with E-state index in [1.165, 1.54) is 0 Å². The summed E-state index contributed by atoms with van der Waals surface area (Å²) in [5.74, 6) is 0.378. The van der Waals surface area contributed by atoms with Crippen molar-refractivity contribution >= 4 is 5.91 Å². The van der Waals surface area contributed by atoms with E-state index in [2.05, 4.69) is 12.2 Å². The van der Waals surface area contributed by atoms with Gasteiger partial charge in [-0.2, -0.15) is 0 Å². The number of nitrogens with one attached hydrogen (secondary N) is 1. The molecule has 15 heavy (non-hydrogen) atoms. The first kappa shape index (κ1) is 10.9. The minimum Gasteiger partial charge on any atom is -0.340 e. The molecular formula is C11H21N3O. The van der Waals surface area contributed by atoms with Gasteiger partial charge in [-0.25, -0.2) is 0 Å². The van der Waals surface area contributed by atoms with Crippen molar-refractivity contribution in [2.75, 3.05) is 19.6 Å². The summed E-state index contributed by atoms with van der Waals surface area (Å²) < 4.78 is 0. The van der Waals surface area contributed by atoms with Crippen LogP contribution in [0.1, 0.15) is 26.2 Å². The molecule has 4 heteroatoms. The summed E-state index contributed by atoms with van der Waals surface area (Å²) in [5, 5.41) is 3.34. The standard InChI is InChI=1S/C11H21N3O/c1-8-7-14(6-5-13-8)11(15)9-3-2-4-10(9)12/h8-10,13H,2-7,12H2,1H3/t8-,9?,10?/m1/s1. The number of carbonyl (C=O) groups is 1. The maximum absolute atomic E-state index is 12.2. The van der Waals surface area contributed by atoms with Crippen LogP contribution >= 0.6 is 0 Å². The van der Waals surface area contributed by atoms with Crippen molar-refractivity contribution in [1.29, 1.82) is 0 Å². The second kappa shape index (κ2) is 4.49. The zero-order valence-corrected chi connectivity index (χ0v) is 9.41. The van der Waals surface area contributed by atoms with Crippen LogP contribution in [-0.2, 0) is 4.79 Å². The van der Waals surface area contributed by atoms with Crippen molar-refractivity contribution in [2.45, 2.75) is 38.3 Å². The molecule has 3 N–H and O–H groups in total. The van der Waals surface area contributed by atoms with E-state index in [-0.39, 0.29) is 17.9 Å². The Labute approximate surface area is 91.2 Å². The molecular weight excluding hydrogens is 190 g/mol. The fourth-order valence-corrected chi connectivity index (χ4v) is 2.66. The summed E-state index contributed by atoms with van der Waals surface area (Å²) in [5.41, 5.74) is 5.96. The third-order valence-corrected chi connectivity index (χ3v) is 3.57. The van der Waals surface area contributed by atoms with Crippen LogP contribution in [0.3, 0.4) is 0 Å². The van der Waals surface area contributed by atoms with Crippen LogP contribution in [0, 0.1) is 5.92 Å². The zero-order chi connectivity index (χ0) is 10.8. The first-order chi connectivity index (χ1) is 7.18.